The average Bonchev–Trinajstić information content (AvgIpc) is 2.47. The number of aliphatic hydroxyl groups excluding tert-OH is 1. The van der Waals surface area contributed by atoms with Gasteiger partial charge in [-0.15, -0.1) is 0 Å². The monoisotopic (exact) mass is 313 g/mol. The molecule has 2 rings (SSSR count). The van der Waals surface area contributed by atoms with E-state index in [4.69, 9.17) is 26.2 Å². The first-order valence-corrected chi connectivity index (χ1v) is 7.30. The van der Waals surface area contributed by atoms with Gasteiger partial charge in [0.25, 0.3) is 5.91 Å². The van der Waals surface area contributed by atoms with Crippen LogP contribution in [0.3, 0.4) is 0 Å². The highest BCUT2D eigenvalue weighted by Gasteiger charge is 2.28. The number of amides is 1. The predicted molar refractivity (Wildman–Crippen MR) is 79.7 cm³/mol. The molecule has 1 saturated heterocycles. The molecule has 116 valence electrons. The van der Waals surface area contributed by atoms with Crippen molar-refractivity contribution >= 4 is 17.5 Å². The lowest BCUT2D eigenvalue weighted by atomic mass is 10.2. The van der Waals surface area contributed by atoms with Crippen LogP contribution in [-0.2, 0) is 9.53 Å². The zero-order chi connectivity index (χ0) is 15.4. The summed E-state index contributed by atoms with van der Waals surface area (Å²) in [4.78, 5) is 13.8. The molecule has 5 nitrogen and oxygen atoms in total. The fourth-order valence-corrected chi connectivity index (χ4v) is 2.41. The van der Waals surface area contributed by atoms with Crippen LogP contribution in [0.2, 0.25) is 5.02 Å². The van der Waals surface area contributed by atoms with E-state index in [9.17, 15) is 4.79 Å². The molecule has 0 aliphatic carbocycles. The van der Waals surface area contributed by atoms with Gasteiger partial charge in [-0.05, 0) is 37.6 Å². The molecule has 1 aliphatic rings. The van der Waals surface area contributed by atoms with E-state index in [-0.39, 0.29) is 31.3 Å². The van der Waals surface area contributed by atoms with E-state index in [1.807, 2.05) is 13.8 Å². The van der Waals surface area contributed by atoms with Crippen LogP contribution in [0.5, 0.6) is 5.75 Å². The van der Waals surface area contributed by atoms with Gasteiger partial charge in [0.2, 0.25) is 0 Å². The van der Waals surface area contributed by atoms with Gasteiger partial charge in [0, 0.05) is 18.1 Å². The molecule has 0 aromatic heterocycles. The molecule has 1 fully saturated rings. The Morgan fingerprint density at radius 2 is 2.29 bits per heavy atom. The largest absolute Gasteiger partial charge is 0.484 e. The Morgan fingerprint density at radius 1 is 1.52 bits per heavy atom. The van der Waals surface area contributed by atoms with Crippen LogP contribution in [0, 0.1) is 6.92 Å². The fraction of sp³-hybridized carbons (Fsp3) is 0.533. The molecule has 1 aliphatic heterocycles. The number of rotatable bonds is 4. The highest BCUT2D eigenvalue weighted by Crippen LogP contribution is 2.21. The number of aryl methyl sites for hydroxylation is 1. The minimum absolute atomic E-state index is 0.0358. The number of hydrogen-bond acceptors (Lipinski definition) is 4. The maximum absolute atomic E-state index is 12.2. The maximum Gasteiger partial charge on any atom is 0.260 e. The first-order chi connectivity index (χ1) is 9.99. The summed E-state index contributed by atoms with van der Waals surface area (Å²) in [7, 11) is 0. The standard InChI is InChI=1S/C15H20ClNO4/c1-10-5-12(3-4-14(10)16)20-9-15(19)17-6-11(2)21-13(7-17)8-18/h3-5,11,13,18H,6-9H2,1-2H3. The Morgan fingerprint density at radius 3 is 2.95 bits per heavy atom. The number of carbonyl (C=O) groups excluding carboxylic acids is 1. The van der Waals surface area contributed by atoms with Crippen LogP contribution < -0.4 is 4.74 Å². The van der Waals surface area contributed by atoms with E-state index < -0.39 is 0 Å². The Kier molecular flexibility index (Phi) is 5.45. The van der Waals surface area contributed by atoms with E-state index in [1.54, 1.807) is 23.1 Å². The fourth-order valence-electron chi connectivity index (χ4n) is 2.29. The normalized spacial score (nSPS) is 22.2. The van der Waals surface area contributed by atoms with Crippen molar-refractivity contribution in [2.45, 2.75) is 26.1 Å². The van der Waals surface area contributed by atoms with Crippen molar-refractivity contribution in [3.8, 4) is 5.75 Å². The van der Waals surface area contributed by atoms with Crippen molar-refractivity contribution in [2.24, 2.45) is 0 Å². The van der Waals surface area contributed by atoms with Crippen LogP contribution in [-0.4, -0.2) is 54.4 Å². The van der Waals surface area contributed by atoms with Gasteiger partial charge in [0.05, 0.1) is 18.8 Å². The van der Waals surface area contributed by atoms with E-state index >= 15 is 0 Å². The molecule has 1 N–H and O–H groups in total. The molecule has 2 unspecified atom stereocenters. The molecule has 21 heavy (non-hydrogen) atoms. The van der Waals surface area contributed by atoms with Gasteiger partial charge in [-0.25, -0.2) is 0 Å². The van der Waals surface area contributed by atoms with Crippen molar-refractivity contribution in [3.63, 3.8) is 0 Å². The summed E-state index contributed by atoms with van der Waals surface area (Å²) >= 11 is 5.94. The van der Waals surface area contributed by atoms with Gasteiger partial charge in [-0.2, -0.15) is 0 Å². The van der Waals surface area contributed by atoms with Crippen LogP contribution in [0.1, 0.15) is 12.5 Å². The summed E-state index contributed by atoms with van der Waals surface area (Å²) in [5.74, 6) is 0.501. The van der Waals surface area contributed by atoms with Crippen LogP contribution >= 0.6 is 11.6 Å². The molecule has 0 bridgehead atoms. The molecule has 1 heterocycles. The molecular formula is C15H20ClNO4. The highest BCUT2D eigenvalue weighted by molar-refractivity contribution is 6.31. The zero-order valence-corrected chi connectivity index (χ0v) is 13.0. The third kappa shape index (κ3) is 4.33. The summed E-state index contributed by atoms with van der Waals surface area (Å²) in [5.41, 5.74) is 0.905. The smallest absolute Gasteiger partial charge is 0.260 e. The zero-order valence-electron chi connectivity index (χ0n) is 12.2. The molecule has 0 saturated carbocycles. The van der Waals surface area contributed by atoms with Crippen LogP contribution in [0.4, 0.5) is 0 Å². The van der Waals surface area contributed by atoms with Crippen LogP contribution in [0.15, 0.2) is 18.2 Å². The lowest BCUT2D eigenvalue weighted by Crippen LogP contribution is -2.51. The minimum Gasteiger partial charge on any atom is -0.484 e. The summed E-state index contributed by atoms with van der Waals surface area (Å²) < 4.78 is 11.0. The van der Waals surface area contributed by atoms with E-state index in [1.165, 1.54) is 0 Å². The topological polar surface area (TPSA) is 59.0 Å². The second kappa shape index (κ2) is 7.11. The maximum atomic E-state index is 12.2. The predicted octanol–water partition coefficient (Wildman–Crippen LogP) is 1.64. The van der Waals surface area contributed by atoms with Gasteiger partial charge in [0.15, 0.2) is 6.61 Å². The number of carbonyl (C=O) groups is 1. The quantitative estimate of drug-likeness (QED) is 0.918. The number of hydrogen-bond donors (Lipinski definition) is 1. The minimum atomic E-state index is -0.324. The SMILES string of the molecule is Cc1cc(OCC(=O)N2CC(C)OC(CO)C2)ccc1Cl. The third-order valence-electron chi connectivity index (χ3n) is 3.37. The van der Waals surface area contributed by atoms with E-state index in [0.29, 0.717) is 23.9 Å². The Hall–Kier alpha value is -1.30. The molecule has 6 heteroatoms. The van der Waals surface area contributed by atoms with Crippen molar-refractivity contribution in [2.75, 3.05) is 26.3 Å². The lowest BCUT2D eigenvalue weighted by Gasteiger charge is -2.36. The Labute approximate surface area is 129 Å². The van der Waals surface area contributed by atoms with Gasteiger partial charge < -0.3 is 19.5 Å². The average molecular weight is 314 g/mol. The number of ether oxygens (including phenoxy) is 2. The summed E-state index contributed by atoms with van der Waals surface area (Å²) in [6, 6.07) is 5.28. The molecule has 0 radical (unpaired) electrons. The van der Waals surface area contributed by atoms with E-state index in [2.05, 4.69) is 0 Å². The van der Waals surface area contributed by atoms with Gasteiger partial charge in [-0.3, -0.25) is 4.79 Å². The first kappa shape index (κ1) is 16.1. The van der Waals surface area contributed by atoms with Gasteiger partial charge >= 0.3 is 0 Å². The molecular weight excluding hydrogens is 294 g/mol. The molecule has 2 atom stereocenters. The van der Waals surface area contributed by atoms with Crippen molar-refractivity contribution in [1.29, 1.82) is 0 Å². The summed E-state index contributed by atoms with van der Waals surface area (Å²) in [5, 5.41) is 9.83. The van der Waals surface area contributed by atoms with Gasteiger partial charge in [-0.1, -0.05) is 11.6 Å². The van der Waals surface area contributed by atoms with Crippen molar-refractivity contribution in [3.05, 3.63) is 28.8 Å². The molecule has 1 aromatic rings. The lowest BCUT2D eigenvalue weighted by molar-refractivity contribution is -0.149. The summed E-state index contributed by atoms with van der Waals surface area (Å²) in [6.07, 6.45) is -0.409. The molecule has 1 amide bonds. The van der Waals surface area contributed by atoms with Gasteiger partial charge in [0.1, 0.15) is 5.75 Å². The Bertz CT molecular complexity index is 508. The number of nitrogens with zero attached hydrogens (tertiary/aromatic N) is 1. The molecule has 1 aromatic carbocycles. The highest BCUT2D eigenvalue weighted by atomic mass is 35.5. The number of aliphatic hydroxyl groups is 1. The van der Waals surface area contributed by atoms with Crippen molar-refractivity contribution < 1.29 is 19.4 Å². The summed E-state index contributed by atoms with van der Waals surface area (Å²) in [6.45, 7) is 4.54. The second-order valence-corrected chi connectivity index (χ2v) is 5.66. The van der Waals surface area contributed by atoms with E-state index in [0.717, 1.165) is 5.56 Å². The number of halogens is 1. The van der Waals surface area contributed by atoms with Crippen molar-refractivity contribution in [1.82, 2.24) is 4.90 Å². The second-order valence-electron chi connectivity index (χ2n) is 5.25. The first-order valence-electron chi connectivity index (χ1n) is 6.92. The molecule has 0 spiro atoms. The number of benzene rings is 1. The number of morpholine rings is 1. The van der Waals surface area contributed by atoms with Crippen LogP contribution in [0.25, 0.3) is 0 Å². The third-order valence-corrected chi connectivity index (χ3v) is 3.80. The Balaban J connectivity index is 1.90.